The van der Waals surface area contributed by atoms with Crippen molar-refractivity contribution in [2.75, 3.05) is 4.72 Å². The molecule has 2 aromatic carbocycles. The molecule has 0 aromatic heterocycles. The highest BCUT2D eigenvalue weighted by Crippen LogP contribution is 2.32. The van der Waals surface area contributed by atoms with Crippen LogP contribution >= 0.6 is 27.5 Å². The Morgan fingerprint density at radius 2 is 1.65 bits per heavy atom. The molecule has 3 nitrogen and oxygen atoms in total. The maximum absolute atomic E-state index is 12.3. The van der Waals surface area contributed by atoms with Gasteiger partial charge in [0.2, 0.25) is 0 Å². The van der Waals surface area contributed by atoms with Crippen molar-refractivity contribution in [3.63, 3.8) is 0 Å². The molecule has 0 radical (unpaired) electrons. The van der Waals surface area contributed by atoms with E-state index >= 15 is 0 Å². The Kier molecular flexibility index (Phi) is 4.42. The minimum atomic E-state index is -3.63. The molecule has 6 heteroatoms. The molecule has 2 aromatic rings. The second-order valence-electron chi connectivity index (χ2n) is 4.45. The van der Waals surface area contributed by atoms with Crippen molar-refractivity contribution in [1.29, 1.82) is 0 Å². The molecule has 0 fully saturated rings. The lowest BCUT2D eigenvalue weighted by Crippen LogP contribution is -2.13. The van der Waals surface area contributed by atoms with Gasteiger partial charge in [-0.1, -0.05) is 45.2 Å². The zero-order valence-electron chi connectivity index (χ0n) is 10.9. The summed E-state index contributed by atoms with van der Waals surface area (Å²) in [5, 5.41) is 0.384. The molecule has 2 rings (SSSR count). The summed E-state index contributed by atoms with van der Waals surface area (Å²) in [4.78, 5) is 0.208. The average molecular weight is 375 g/mol. The van der Waals surface area contributed by atoms with Gasteiger partial charge in [-0.05, 0) is 43.7 Å². The number of nitrogens with one attached hydrogen (secondary N) is 1. The summed E-state index contributed by atoms with van der Waals surface area (Å²) >= 11 is 9.51. The maximum atomic E-state index is 12.3. The van der Waals surface area contributed by atoms with E-state index in [9.17, 15) is 8.42 Å². The zero-order valence-corrected chi connectivity index (χ0v) is 14.1. The number of halogens is 2. The smallest absolute Gasteiger partial charge is 0.261 e. The zero-order chi connectivity index (χ0) is 14.9. The van der Waals surface area contributed by atoms with Gasteiger partial charge in [-0.15, -0.1) is 0 Å². The summed E-state index contributed by atoms with van der Waals surface area (Å²) in [6.45, 7) is 3.72. The van der Waals surface area contributed by atoms with E-state index in [2.05, 4.69) is 20.7 Å². The number of sulfonamides is 1. The largest absolute Gasteiger partial charge is 0.278 e. The molecular weight excluding hydrogens is 362 g/mol. The molecular formula is C14H13BrClNO2S. The van der Waals surface area contributed by atoms with E-state index in [0.717, 1.165) is 15.6 Å². The van der Waals surface area contributed by atoms with Crippen LogP contribution in [0.1, 0.15) is 11.1 Å². The van der Waals surface area contributed by atoms with E-state index in [-0.39, 0.29) is 4.90 Å². The Balaban J connectivity index is 2.38. The van der Waals surface area contributed by atoms with Crippen LogP contribution in [0, 0.1) is 13.8 Å². The third kappa shape index (κ3) is 3.16. The van der Waals surface area contributed by atoms with Gasteiger partial charge in [-0.3, -0.25) is 4.72 Å². The van der Waals surface area contributed by atoms with Gasteiger partial charge < -0.3 is 0 Å². The molecule has 1 N–H and O–H groups in total. The minimum absolute atomic E-state index is 0.208. The fraction of sp³-hybridized carbons (Fsp3) is 0.143. The third-order valence-corrected chi connectivity index (χ3v) is 5.62. The Morgan fingerprint density at radius 1 is 1.05 bits per heavy atom. The van der Waals surface area contributed by atoms with Crippen LogP contribution in [0.4, 0.5) is 5.69 Å². The van der Waals surface area contributed by atoms with Crippen LogP contribution in [0.5, 0.6) is 0 Å². The van der Waals surface area contributed by atoms with E-state index in [1.165, 1.54) is 0 Å². The van der Waals surface area contributed by atoms with E-state index < -0.39 is 10.0 Å². The van der Waals surface area contributed by atoms with Crippen LogP contribution in [0.3, 0.4) is 0 Å². The summed E-state index contributed by atoms with van der Waals surface area (Å²) in [7, 11) is -3.63. The van der Waals surface area contributed by atoms with Gasteiger partial charge in [0.05, 0.1) is 15.6 Å². The van der Waals surface area contributed by atoms with Crippen molar-refractivity contribution in [1.82, 2.24) is 0 Å². The summed E-state index contributed by atoms with van der Waals surface area (Å²) in [6.07, 6.45) is 0. The molecule has 0 aliphatic rings. The topological polar surface area (TPSA) is 46.2 Å². The van der Waals surface area contributed by atoms with Crippen molar-refractivity contribution in [2.45, 2.75) is 18.7 Å². The first-order chi connectivity index (χ1) is 9.31. The molecule has 0 spiro atoms. The van der Waals surface area contributed by atoms with Gasteiger partial charge in [0, 0.05) is 4.47 Å². The van der Waals surface area contributed by atoms with Gasteiger partial charge in [-0.25, -0.2) is 8.42 Å². The molecule has 0 bridgehead atoms. The van der Waals surface area contributed by atoms with Crippen molar-refractivity contribution in [3.8, 4) is 0 Å². The fourth-order valence-corrected chi connectivity index (χ4v) is 3.45. The summed E-state index contributed by atoms with van der Waals surface area (Å²) in [5.41, 5.74) is 2.16. The van der Waals surface area contributed by atoms with Crippen molar-refractivity contribution in [2.24, 2.45) is 0 Å². The highest BCUT2D eigenvalue weighted by Gasteiger charge is 2.16. The maximum Gasteiger partial charge on any atom is 0.261 e. The van der Waals surface area contributed by atoms with Gasteiger partial charge in [0.25, 0.3) is 10.0 Å². The molecule has 0 saturated carbocycles. The monoisotopic (exact) mass is 373 g/mol. The number of benzene rings is 2. The van der Waals surface area contributed by atoms with Crippen molar-refractivity contribution >= 4 is 43.2 Å². The number of anilines is 1. The van der Waals surface area contributed by atoms with Crippen LogP contribution in [0.15, 0.2) is 45.8 Å². The van der Waals surface area contributed by atoms with Crippen LogP contribution in [0.25, 0.3) is 0 Å². The predicted molar refractivity (Wildman–Crippen MR) is 85.9 cm³/mol. The molecule has 0 aliphatic heterocycles. The number of hydrogen-bond acceptors (Lipinski definition) is 2. The SMILES string of the molecule is Cc1ccc(S(=O)(=O)Nc2ccc(Br)c(C)c2Cl)cc1. The molecule has 0 heterocycles. The second kappa shape index (κ2) is 5.76. The molecule has 0 unspecified atom stereocenters. The average Bonchev–Trinajstić information content (AvgIpc) is 2.40. The van der Waals surface area contributed by atoms with E-state index in [0.29, 0.717) is 10.7 Å². The normalized spacial score (nSPS) is 11.4. The van der Waals surface area contributed by atoms with Gasteiger partial charge in [0.1, 0.15) is 0 Å². The van der Waals surface area contributed by atoms with E-state index in [4.69, 9.17) is 11.6 Å². The highest BCUT2D eigenvalue weighted by atomic mass is 79.9. The predicted octanol–water partition coefficient (Wildman–Crippen LogP) is 4.52. The van der Waals surface area contributed by atoms with Gasteiger partial charge >= 0.3 is 0 Å². The third-order valence-electron chi connectivity index (χ3n) is 2.90. The van der Waals surface area contributed by atoms with Gasteiger partial charge in [-0.2, -0.15) is 0 Å². The Morgan fingerprint density at radius 3 is 2.25 bits per heavy atom. The fourth-order valence-electron chi connectivity index (χ4n) is 1.66. The summed E-state index contributed by atoms with van der Waals surface area (Å²) < 4.78 is 27.9. The Hall–Kier alpha value is -1.04. The Bertz CT molecular complexity index is 743. The molecule has 106 valence electrons. The number of rotatable bonds is 3. The highest BCUT2D eigenvalue weighted by molar-refractivity contribution is 9.10. The second-order valence-corrected chi connectivity index (χ2v) is 7.37. The summed E-state index contributed by atoms with van der Waals surface area (Å²) in [5.74, 6) is 0. The lowest BCUT2D eigenvalue weighted by molar-refractivity contribution is 0.601. The molecule has 0 atom stereocenters. The lowest BCUT2D eigenvalue weighted by Gasteiger charge is -2.12. The van der Waals surface area contributed by atoms with Crippen LogP contribution in [-0.2, 0) is 10.0 Å². The van der Waals surface area contributed by atoms with Crippen LogP contribution in [-0.4, -0.2) is 8.42 Å². The molecule has 20 heavy (non-hydrogen) atoms. The first-order valence-electron chi connectivity index (χ1n) is 5.85. The number of hydrogen-bond donors (Lipinski definition) is 1. The van der Waals surface area contributed by atoms with Crippen molar-refractivity contribution in [3.05, 3.63) is 57.0 Å². The molecule has 0 amide bonds. The van der Waals surface area contributed by atoms with Gasteiger partial charge in [0.15, 0.2) is 0 Å². The lowest BCUT2D eigenvalue weighted by atomic mass is 10.2. The van der Waals surface area contributed by atoms with Crippen LogP contribution in [0.2, 0.25) is 5.02 Å². The van der Waals surface area contributed by atoms with Crippen molar-refractivity contribution < 1.29 is 8.42 Å². The van der Waals surface area contributed by atoms with E-state index in [1.807, 2.05) is 13.8 Å². The quantitative estimate of drug-likeness (QED) is 0.858. The summed E-state index contributed by atoms with van der Waals surface area (Å²) in [6, 6.07) is 10.0. The van der Waals surface area contributed by atoms with E-state index in [1.54, 1.807) is 36.4 Å². The van der Waals surface area contributed by atoms with Crippen LogP contribution < -0.4 is 4.72 Å². The molecule has 0 aliphatic carbocycles. The molecule has 0 saturated heterocycles. The first-order valence-corrected chi connectivity index (χ1v) is 8.51. The first kappa shape index (κ1) is 15.4. The number of aryl methyl sites for hydroxylation is 1. The standard InChI is InChI=1S/C14H13BrClNO2S/c1-9-3-5-11(6-4-9)20(18,19)17-13-8-7-12(15)10(2)14(13)16/h3-8,17H,1-2H3. The minimum Gasteiger partial charge on any atom is -0.278 e. The Labute approximate surface area is 132 Å².